The molecule has 1 amide bonds. The number of fused-ring (bicyclic) bond motifs is 1. The molecule has 0 unspecified atom stereocenters. The van der Waals surface area contributed by atoms with Crippen LogP contribution in [0.25, 0.3) is 33.3 Å². The summed E-state index contributed by atoms with van der Waals surface area (Å²) in [4.78, 5) is 35.4. The zero-order valence-electron chi connectivity index (χ0n) is 23.6. The Morgan fingerprint density at radius 1 is 1.05 bits per heavy atom. The lowest BCUT2D eigenvalue weighted by molar-refractivity contribution is -0.159. The Kier molecular flexibility index (Phi) is 7.52. The number of carbonyl (C=O) groups is 2. The molecule has 2 aromatic heterocycles. The largest absolute Gasteiger partial charge is 0.507 e. The summed E-state index contributed by atoms with van der Waals surface area (Å²) in [6.45, 7) is 1.17. The van der Waals surface area contributed by atoms with E-state index in [1.54, 1.807) is 12.4 Å². The molecule has 0 radical (unpaired) electrons. The van der Waals surface area contributed by atoms with Crippen molar-refractivity contribution < 1.29 is 19.4 Å². The monoisotopic (exact) mass is 551 g/mol. The van der Waals surface area contributed by atoms with E-state index in [4.69, 9.17) is 4.74 Å². The zero-order chi connectivity index (χ0) is 28.4. The Labute approximate surface area is 240 Å². The van der Waals surface area contributed by atoms with Gasteiger partial charge in [-0.3, -0.25) is 14.6 Å². The van der Waals surface area contributed by atoms with Gasteiger partial charge in [0.1, 0.15) is 5.75 Å². The number of phenols is 1. The van der Waals surface area contributed by atoms with Crippen molar-refractivity contribution in [3.8, 4) is 28.1 Å². The van der Waals surface area contributed by atoms with Gasteiger partial charge in [0.05, 0.1) is 36.4 Å². The number of nitrogens with one attached hydrogen (secondary N) is 1. The number of aromatic nitrogens is 2. The number of aromatic hydroxyl groups is 1. The second-order valence-corrected chi connectivity index (χ2v) is 11.7. The fourth-order valence-corrected chi connectivity index (χ4v) is 6.86. The normalized spacial score (nSPS) is 17.1. The van der Waals surface area contributed by atoms with Crippen LogP contribution in [0.15, 0.2) is 67.0 Å². The average Bonchev–Trinajstić information content (AvgIpc) is 3.67. The molecule has 1 saturated carbocycles. The molecular formula is C34H37N3O4. The van der Waals surface area contributed by atoms with Crippen LogP contribution in [0.5, 0.6) is 5.75 Å². The van der Waals surface area contributed by atoms with E-state index in [0.29, 0.717) is 38.3 Å². The van der Waals surface area contributed by atoms with Gasteiger partial charge in [-0.1, -0.05) is 62.1 Å². The quantitative estimate of drug-likeness (QED) is 0.256. The number of methoxy groups -OCH3 is 1. The highest BCUT2D eigenvalue weighted by atomic mass is 16.5. The number of ether oxygens (including phenoxy) is 1. The molecule has 2 aliphatic rings. The van der Waals surface area contributed by atoms with E-state index in [9.17, 15) is 14.7 Å². The van der Waals surface area contributed by atoms with Gasteiger partial charge >= 0.3 is 5.97 Å². The number of piperidine rings is 1. The summed E-state index contributed by atoms with van der Waals surface area (Å²) in [6.07, 6.45) is 10.9. The Balaban J connectivity index is 1.12. The van der Waals surface area contributed by atoms with Crippen molar-refractivity contribution in [2.24, 2.45) is 11.3 Å². The summed E-state index contributed by atoms with van der Waals surface area (Å²) in [7, 11) is 1.48. The van der Waals surface area contributed by atoms with Gasteiger partial charge in [-0.15, -0.1) is 0 Å². The summed E-state index contributed by atoms with van der Waals surface area (Å²) in [5, 5.41) is 12.2. The molecule has 7 heteroatoms. The number of rotatable bonds is 7. The molecule has 41 heavy (non-hydrogen) atoms. The molecule has 212 valence electrons. The highest BCUT2D eigenvalue weighted by molar-refractivity contribution is 5.89. The Hall–Kier alpha value is -4.13. The van der Waals surface area contributed by atoms with Gasteiger partial charge in [-0.25, -0.2) is 0 Å². The van der Waals surface area contributed by atoms with Gasteiger partial charge in [-0.2, -0.15) is 0 Å². The van der Waals surface area contributed by atoms with Gasteiger partial charge < -0.3 is 19.7 Å². The summed E-state index contributed by atoms with van der Waals surface area (Å²) in [6, 6.07) is 17.5. The maximum atomic E-state index is 13.2. The molecule has 0 atom stereocenters. The number of hydrogen-bond acceptors (Lipinski definition) is 5. The van der Waals surface area contributed by atoms with Crippen molar-refractivity contribution in [3.05, 3.63) is 72.6 Å². The number of H-pyrrole nitrogens is 1. The molecule has 4 aromatic rings. The molecular weight excluding hydrogens is 514 g/mol. The minimum atomic E-state index is -0.456. The first-order chi connectivity index (χ1) is 20.0. The number of nitrogens with zero attached hydrogens (tertiary/aromatic N) is 2. The van der Waals surface area contributed by atoms with Crippen LogP contribution in [0.4, 0.5) is 0 Å². The lowest BCUT2D eigenvalue weighted by Crippen LogP contribution is -2.48. The van der Waals surface area contributed by atoms with Gasteiger partial charge in [0, 0.05) is 35.8 Å². The van der Waals surface area contributed by atoms with Crippen LogP contribution < -0.4 is 0 Å². The van der Waals surface area contributed by atoms with Crippen LogP contribution in [0.1, 0.15) is 50.5 Å². The van der Waals surface area contributed by atoms with Crippen LogP contribution >= 0.6 is 0 Å². The van der Waals surface area contributed by atoms with Gasteiger partial charge in [0.25, 0.3) is 0 Å². The lowest BCUT2D eigenvalue weighted by atomic mass is 9.71. The number of benzene rings is 2. The highest BCUT2D eigenvalue weighted by Crippen LogP contribution is 2.43. The summed E-state index contributed by atoms with van der Waals surface area (Å²) < 4.78 is 5.23. The molecule has 2 fully saturated rings. The number of aromatic amines is 1. The Morgan fingerprint density at radius 3 is 2.49 bits per heavy atom. The fraction of sp³-hybridized carbons (Fsp3) is 0.382. The third-order valence-electron chi connectivity index (χ3n) is 9.22. The van der Waals surface area contributed by atoms with Crippen molar-refractivity contribution >= 4 is 22.8 Å². The van der Waals surface area contributed by atoms with Crippen LogP contribution in [-0.2, 0) is 20.7 Å². The van der Waals surface area contributed by atoms with Crippen molar-refractivity contribution in [1.29, 1.82) is 0 Å². The molecule has 2 N–H and O–H groups in total. The predicted octanol–water partition coefficient (Wildman–Crippen LogP) is 6.51. The molecule has 7 nitrogen and oxygen atoms in total. The second kappa shape index (κ2) is 11.4. The maximum Gasteiger partial charge on any atom is 0.311 e. The van der Waals surface area contributed by atoms with Crippen molar-refractivity contribution in [3.63, 3.8) is 0 Å². The molecule has 1 aliphatic carbocycles. The SMILES string of the molecule is COC(=O)C1(CC2CCCC2)CCN(C(=O)Cc2ccc(-c3cccc(-c4cc5ccncc5[nH]4)c3O)cc2)CC1. The second-order valence-electron chi connectivity index (χ2n) is 11.7. The minimum Gasteiger partial charge on any atom is -0.507 e. The van der Waals surface area contributed by atoms with E-state index in [1.165, 1.54) is 32.8 Å². The number of amides is 1. The number of esters is 1. The lowest BCUT2D eigenvalue weighted by Gasteiger charge is -2.41. The summed E-state index contributed by atoms with van der Waals surface area (Å²) in [5.41, 5.74) is 4.55. The predicted molar refractivity (Wildman–Crippen MR) is 159 cm³/mol. The Bertz CT molecular complexity index is 1510. The van der Waals surface area contributed by atoms with Crippen LogP contribution in [0.2, 0.25) is 0 Å². The molecule has 2 aromatic carbocycles. The summed E-state index contributed by atoms with van der Waals surface area (Å²) in [5.74, 6) is 0.766. The van der Waals surface area contributed by atoms with E-state index in [2.05, 4.69) is 9.97 Å². The van der Waals surface area contributed by atoms with E-state index in [0.717, 1.165) is 45.3 Å². The average molecular weight is 552 g/mol. The molecule has 0 spiro atoms. The van der Waals surface area contributed by atoms with E-state index in [-0.39, 0.29) is 17.6 Å². The Morgan fingerprint density at radius 2 is 1.78 bits per heavy atom. The zero-order valence-corrected chi connectivity index (χ0v) is 23.6. The highest BCUT2D eigenvalue weighted by Gasteiger charge is 2.44. The van der Waals surface area contributed by atoms with Crippen molar-refractivity contribution in [2.45, 2.75) is 51.4 Å². The molecule has 1 aliphatic heterocycles. The van der Waals surface area contributed by atoms with Crippen LogP contribution in [-0.4, -0.2) is 52.1 Å². The molecule has 6 rings (SSSR count). The van der Waals surface area contributed by atoms with Crippen LogP contribution in [0.3, 0.4) is 0 Å². The third-order valence-corrected chi connectivity index (χ3v) is 9.22. The maximum absolute atomic E-state index is 13.2. The molecule has 3 heterocycles. The van der Waals surface area contributed by atoms with Gasteiger partial charge in [-0.05, 0) is 54.5 Å². The van der Waals surface area contributed by atoms with Gasteiger partial charge in [0.2, 0.25) is 5.91 Å². The smallest absolute Gasteiger partial charge is 0.311 e. The first kappa shape index (κ1) is 27.1. The number of hydrogen-bond donors (Lipinski definition) is 2. The third kappa shape index (κ3) is 5.45. The van der Waals surface area contributed by atoms with Crippen molar-refractivity contribution in [2.75, 3.05) is 20.2 Å². The van der Waals surface area contributed by atoms with E-state index < -0.39 is 5.41 Å². The van der Waals surface area contributed by atoms with E-state index in [1.807, 2.05) is 59.5 Å². The molecule has 0 bridgehead atoms. The number of carbonyl (C=O) groups excluding carboxylic acids is 2. The number of pyridine rings is 1. The minimum absolute atomic E-state index is 0.0789. The number of likely N-dealkylation sites (tertiary alicyclic amines) is 1. The number of phenolic OH excluding ortho intramolecular Hbond substituents is 1. The molecule has 1 saturated heterocycles. The van der Waals surface area contributed by atoms with Crippen molar-refractivity contribution in [1.82, 2.24) is 14.9 Å². The standard InChI is InChI=1S/C34H37N3O4/c1-41-33(40)34(21-24-5-2-3-6-24)14-17-37(18-15-34)31(38)19-23-9-11-25(12-10-23)27-7-4-8-28(32(27)39)29-20-26-13-16-35-22-30(26)36-29/h4,7-13,16,20,22,24,36,39H,2-3,5-6,14-15,17-19,21H2,1H3. The topological polar surface area (TPSA) is 95.5 Å². The van der Waals surface area contributed by atoms with Crippen LogP contribution in [0, 0.1) is 11.3 Å². The fourth-order valence-electron chi connectivity index (χ4n) is 6.86. The first-order valence-corrected chi connectivity index (χ1v) is 14.7. The van der Waals surface area contributed by atoms with E-state index >= 15 is 0 Å². The van der Waals surface area contributed by atoms with Gasteiger partial charge in [0.15, 0.2) is 0 Å². The number of para-hydroxylation sites is 1. The summed E-state index contributed by atoms with van der Waals surface area (Å²) >= 11 is 0. The first-order valence-electron chi connectivity index (χ1n) is 14.7.